The minimum atomic E-state index is -0.774. The SMILES string of the molecule is CCOC(=O)C1=Nc2ccccc2C1=Cc1c(O)n(C(C)(C)C)c(=O)[nH]c1=O. The number of fused-ring (bicyclic) bond motifs is 1. The first-order valence-electron chi connectivity index (χ1n) is 8.81. The van der Waals surface area contributed by atoms with E-state index in [1.54, 1.807) is 52.0 Å². The Kier molecular flexibility index (Phi) is 4.80. The van der Waals surface area contributed by atoms with E-state index < -0.39 is 28.6 Å². The van der Waals surface area contributed by atoms with Crippen molar-refractivity contribution in [2.24, 2.45) is 4.99 Å². The third-order valence-electron chi connectivity index (χ3n) is 4.23. The molecule has 2 aromatic rings. The Morgan fingerprint density at radius 1 is 1.29 bits per heavy atom. The van der Waals surface area contributed by atoms with Crippen molar-refractivity contribution in [3.05, 3.63) is 56.2 Å². The Balaban J connectivity index is 2.27. The summed E-state index contributed by atoms with van der Waals surface area (Å²) in [6.45, 7) is 7.01. The summed E-state index contributed by atoms with van der Waals surface area (Å²) < 4.78 is 6.15. The predicted octanol–water partition coefficient (Wildman–Crippen LogP) is 2.19. The van der Waals surface area contributed by atoms with Crippen LogP contribution in [0.5, 0.6) is 5.88 Å². The van der Waals surface area contributed by atoms with Crippen molar-refractivity contribution in [1.29, 1.82) is 0 Å². The highest BCUT2D eigenvalue weighted by Gasteiger charge is 2.29. The monoisotopic (exact) mass is 383 g/mol. The fourth-order valence-electron chi connectivity index (χ4n) is 3.04. The van der Waals surface area contributed by atoms with Gasteiger partial charge in [0.25, 0.3) is 5.56 Å². The Labute approximate surface area is 160 Å². The molecular formula is C20H21N3O5. The average Bonchev–Trinajstić information content (AvgIpc) is 2.96. The van der Waals surface area contributed by atoms with Crippen LogP contribution in [0.4, 0.5) is 5.69 Å². The number of hydrogen-bond acceptors (Lipinski definition) is 6. The van der Waals surface area contributed by atoms with Crippen molar-refractivity contribution in [2.45, 2.75) is 33.2 Å². The second kappa shape index (κ2) is 6.95. The van der Waals surface area contributed by atoms with Gasteiger partial charge in [0.2, 0.25) is 5.88 Å². The second-order valence-electron chi connectivity index (χ2n) is 7.26. The number of aromatic amines is 1. The van der Waals surface area contributed by atoms with Crippen LogP contribution < -0.4 is 11.2 Å². The highest BCUT2D eigenvalue weighted by atomic mass is 16.5. The zero-order chi connectivity index (χ0) is 20.6. The first-order valence-corrected chi connectivity index (χ1v) is 8.81. The van der Waals surface area contributed by atoms with Crippen LogP contribution in [0.3, 0.4) is 0 Å². The number of nitrogens with one attached hydrogen (secondary N) is 1. The van der Waals surface area contributed by atoms with Crippen molar-refractivity contribution in [3.8, 4) is 5.88 Å². The average molecular weight is 383 g/mol. The quantitative estimate of drug-likeness (QED) is 0.789. The number of rotatable bonds is 3. The molecule has 0 aliphatic carbocycles. The molecule has 0 amide bonds. The van der Waals surface area contributed by atoms with Gasteiger partial charge in [-0.15, -0.1) is 0 Å². The second-order valence-corrected chi connectivity index (χ2v) is 7.26. The lowest BCUT2D eigenvalue weighted by atomic mass is 10.00. The van der Waals surface area contributed by atoms with Crippen LogP contribution in [0.1, 0.15) is 38.8 Å². The molecule has 28 heavy (non-hydrogen) atoms. The molecule has 2 heterocycles. The lowest BCUT2D eigenvalue weighted by Crippen LogP contribution is -2.39. The van der Waals surface area contributed by atoms with E-state index in [2.05, 4.69) is 9.98 Å². The topological polar surface area (TPSA) is 114 Å². The van der Waals surface area contributed by atoms with Crippen molar-refractivity contribution in [1.82, 2.24) is 9.55 Å². The number of aromatic hydroxyl groups is 1. The van der Waals surface area contributed by atoms with E-state index in [0.717, 1.165) is 4.57 Å². The van der Waals surface area contributed by atoms with Gasteiger partial charge in [-0.2, -0.15) is 0 Å². The standard InChI is InChI=1S/C20H21N3O5/c1-5-28-18(26)15-12(11-8-6-7-9-14(11)21-15)10-13-16(24)22-19(27)23(17(13)25)20(2,3)4/h6-10,25H,5H2,1-4H3,(H,22,24,27). The molecule has 0 unspecified atom stereocenters. The number of carbonyl (C=O) groups is 1. The van der Waals surface area contributed by atoms with Crippen molar-refractivity contribution in [3.63, 3.8) is 0 Å². The molecule has 146 valence electrons. The van der Waals surface area contributed by atoms with Crippen molar-refractivity contribution >= 4 is 29.0 Å². The van der Waals surface area contributed by atoms with Gasteiger partial charge in [0.1, 0.15) is 5.56 Å². The van der Waals surface area contributed by atoms with Gasteiger partial charge < -0.3 is 9.84 Å². The summed E-state index contributed by atoms with van der Waals surface area (Å²) in [6.07, 6.45) is 1.36. The Bertz CT molecular complexity index is 1130. The molecule has 0 saturated carbocycles. The van der Waals surface area contributed by atoms with E-state index in [1.165, 1.54) is 6.08 Å². The molecule has 8 nitrogen and oxygen atoms in total. The van der Waals surface area contributed by atoms with E-state index in [9.17, 15) is 19.5 Å². The van der Waals surface area contributed by atoms with Crippen LogP contribution in [-0.4, -0.2) is 32.9 Å². The lowest BCUT2D eigenvalue weighted by Gasteiger charge is -2.23. The summed E-state index contributed by atoms with van der Waals surface area (Å²) in [5.74, 6) is -1.12. The number of para-hydroxylation sites is 1. The number of aromatic nitrogens is 2. The zero-order valence-electron chi connectivity index (χ0n) is 16.1. The summed E-state index contributed by atoms with van der Waals surface area (Å²) in [4.78, 5) is 43.5. The number of hydrogen-bond donors (Lipinski definition) is 2. The summed E-state index contributed by atoms with van der Waals surface area (Å²) >= 11 is 0. The molecular weight excluding hydrogens is 362 g/mol. The fraction of sp³-hybridized carbons (Fsp3) is 0.300. The normalized spacial score (nSPS) is 14.7. The summed E-state index contributed by atoms with van der Waals surface area (Å²) in [5, 5.41) is 10.7. The number of esters is 1. The molecule has 0 bridgehead atoms. The van der Waals surface area contributed by atoms with Gasteiger partial charge in [0, 0.05) is 16.7 Å². The molecule has 1 aliphatic heterocycles. The molecule has 1 aromatic carbocycles. The molecule has 0 saturated heterocycles. The molecule has 1 aliphatic rings. The minimum absolute atomic E-state index is 0.0374. The van der Waals surface area contributed by atoms with E-state index in [-0.39, 0.29) is 17.9 Å². The van der Waals surface area contributed by atoms with Gasteiger partial charge in [-0.3, -0.25) is 14.3 Å². The molecule has 2 N–H and O–H groups in total. The van der Waals surface area contributed by atoms with Gasteiger partial charge in [-0.25, -0.2) is 14.6 Å². The summed E-state index contributed by atoms with van der Waals surface area (Å²) in [7, 11) is 0. The van der Waals surface area contributed by atoms with Crippen LogP contribution in [-0.2, 0) is 15.1 Å². The Morgan fingerprint density at radius 2 is 1.96 bits per heavy atom. The maximum Gasteiger partial charge on any atom is 0.357 e. The van der Waals surface area contributed by atoms with Crippen LogP contribution in [0.2, 0.25) is 0 Å². The third kappa shape index (κ3) is 3.28. The molecule has 0 atom stereocenters. The number of H-pyrrole nitrogens is 1. The number of ether oxygens (including phenoxy) is 1. The van der Waals surface area contributed by atoms with Crippen LogP contribution in [0.15, 0.2) is 38.8 Å². The molecule has 0 spiro atoms. The number of carbonyl (C=O) groups excluding carboxylic acids is 1. The van der Waals surface area contributed by atoms with Gasteiger partial charge >= 0.3 is 11.7 Å². The van der Waals surface area contributed by atoms with Crippen LogP contribution in [0, 0.1) is 0 Å². The molecule has 1 aromatic heterocycles. The van der Waals surface area contributed by atoms with E-state index in [4.69, 9.17) is 4.74 Å². The third-order valence-corrected chi connectivity index (χ3v) is 4.23. The van der Waals surface area contributed by atoms with Gasteiger partial charge in [-0.05, 0) is 39.8 Å². The van der Waals surface area contributed by atoms with Gasteiger partial charge in [0.15, 0.2) is 5.71 Å². The molecule has 0 fully saturated rings. The number of nitrogens with zero attached hydrogens (tertiary/aromatic N) is 2. The van der Waals surface area contributed by atoms with Crippen LogP contribution >= 0.6 is 0 Å². The maximum absolute atomic E-state index is 12.4. The molecule has 0 radical (unpaired) electrons. The lowest BCUT2D eigenvalue weighted by molar-refractivity contribution is -0.134. The fourth-order valence-corrected chi connectivity index (χ4v) is 3.04. The molecule has 8 heteroatoms. The minimum Gasteiger partial charge on any atom is -0.494 e. The van der Waals surface area contributed by atoms with E-state index in [0.29, 0.717) is 16.8 Å². The highest BCUT2D eigenvalue weighted by Crippen LogP contribution is 2.36. The maximum atomic E-state index is 12.4. The van der Waals surface area contributed by atoms with Crippen molar-refractivity contribution in [2.75, 3.05) is 6.61 Å². The summed E-state index contributed by atoms with van der Waals surface area (Å²) in [6, 6.07) is 7.03. The van der Waals surface area contributed by atoms with E-state index in [1.807, 2.05) is 0 Å². The smallest absolute Gasteiger partial charge is 0.357 e. The molecule has 3 rings (SSSR count). The Morgan fingerprint density at radius 3 is 2.61 bits per heavy atom. The van der Waals surface area contributed by atoms with Crippen molar-refractivity contribution < 1.29 is 14.6 Å². The largest absolute Gasteiger partial charge is 0.494 e. The van der Waals surface area contributed by atoms with Crippen LogP contribution in [0.25, 0.3) is 11.6 Å². The van der Waals surface area contributed by atoms with Gasteiger partial charge in [-0.1, -0.05) is 18.2 Å². The summed E-state index contributed by atoms with van der Waals surface area (Å²) in [5.41, 5.74) is -0.840. The zero-order valence-corrected chi connectivity index (χ0v) is 16.1. The highest BCUT2D eigenvalue weighted by molar-refractivity contribution is 6.58. The Hall–Kier alpha value is -3.42. The number of benzene rings is 1. The first-order chi connectivity index (χ1) is 13.1. The number of aliphatic imine (C=N–C) groups is 1. The van der Waals surface area contributed by atoms with Gasteiger partial charge in [0.05, 0.1) is 12.3 Å². The predicted molar refractivity (Wildman–Crippen MR) is 106 cm³/mol. The first kappa shape index (κ1) is 19.3. The van der Waals surface area contributed by atoms with E-state index >= 15 is 0 Å².